The summed E-state index contributed by atoms with van der Waals surface area (Å²) in [6.07, 6.45) is 2.41. The number of aromatic amines is 1. The number of ketones is 1. The van der Waals surface area contributed by atoms with Crippen molar-refractivity contribution in [1.29, 1.82) is 0 Å². The van der Waals surface area contributed by atoms with Gasteiger partial charge in [-0.15, -0.1) is 0 Å². The van der Waals surface area contributed by atoms with E-state index in [-0.39, 0.29) is 23.6 Å². The molecule has 8 heteroatoms. The van der Waals surface area contributed by atoms with E-state index in [1.165, 1.54) is 31.3 Å². The zero-order valence-electron chi connectivity index (χ0n) is 20.4. The molecule has 5 rings (SSSR count). The van der Waals surface area contributed by atoms with E-state index in [0.717, 1.165) is 16.5 Å². The molecular formula is C29H26N2O6. The summed E-state index contributed by atoms with van der Waals surface area (Å²) in [4.78, 5) is 31.3. The zero-order valence-corrected chi connectivity index (χ0v) is 20.4. The van der Waals surface area contributed by atoms with Crippen molar-refractivity contribution >= 4 is 28.4 Å². The number of para-hydroxylation sites is 1. The third-order valence-corrected chi connectivity index (χ3v) is 6.70. The van der Waals surface area contributed by atoms with Gasteiger partial charge in [0, 0.05) is 29.2 Å². The van der Waals surface area contributed by atoms with Crippen LogP contribution in [-0.2, 0) is 16.0 Å². The Labute approximate surface area is 213 Å². The van der Waals surface area contributed by atoms with Gasteiger partial charge in [-0.2, -0.15) is 0 Å². The number of methoxy groups -OCH3 is 2. The highest BCUT2D eigenvalue weighted by Crippen LogP contribution is 2.41. The minimum Gasteiger partial charge on any atom is -0.508 e. The number of aromatic hydroxyl groups is 1. The molecule has 1 fully saturated rings. The molecule has 8 nitrogen and oxygen atoms in total. The summed E-state index contributed by atoms with van der Waals surface area (Å²) in [5, 5.41) is 22.2. The molecule has 0 bridgehead atoms. The lowest BCUT2D eigenvalue weighted by Gasteiger charge is -2.25. The summed E-state index contributed by atoms with van der Waals surface area (Å²) in [6, 6.07) is 18.1. The van der Waals surface area contributed by atoms with E-state index >= 15 is 0 Å². The second kappa shape index (κ2) is 9.73. The first-order valence-corrected chi connectivity index (χ1v) is 11.8. The van der Waals surface area contributed by atoms with Crippen LogP contribution in [0.25, 0.3) is 16.7 Å². The molecule has 0 saturated carbocycles. The first-order valence-electron chi connectivity index (χ1n) is 11.8. The first kappa shape index (κ1) is 24.0. The number of aliphatic hydroxyl groups excluding tert-OH is 1. The van der Waals surface area contributed by atoms with Gasteiger partial charge in [0.1, 0.15) is 11.5 Å². The lowest BCUT2D eigenvalue weighted by Crippen LogP contribution is -2.31. The van der Waals surface area contributed by atoms with Crippen molar-refractivity contribution < 1.29 is 29.3 Å². The fraction of sp³-hybridized carbons (Fsp3) is 0.172. The van der Waals surface area contributed by atoms with Gasteiger partial charge in [0.2, 0.25) is 0 Å². The van der Waals surface area contributed by atoms with Crippen molar-refractivity contribution in [2.45, 2.75) is 12.5 Å². The molecule has 0 aliphatic carbocycles. The summed E-state index contributed by atoms with van der Waals surface area (Å²) >= 11 is 0. The Morgan fingerprint density at radius 2 is 1.70 bits per heavy atom. The Morgan fingerprint density at radius 3 is 2.43 bits per heavy atom. The number of phenolic OH excluding ortho intramolecular Hbond substituents is 1. The number of amides is 1. The largest absolute Gasteiger partial charge is 0.508 e. The van der Waals surface area contributed by atoms with Crippen molar-refractivity contribution in [3.05, 3.63) is 95.2 Å². The highest BCUT2D eigenvalue weighted by molar-refractivity contribution is 6.46. The van der Waals surface area contributed by atoms with Crippen LogP contribution in [0.1, 0.15) is 22.7 Å². The van der Waals surface area contributed by atoms with Gasteiger partial charge in [-0.25, -0.2) is 0 Å². The molecule has 1 amide bonds. The predicted octanol–water partition coefficient (Wildman–Crippen LogP) is 4.56. The molecule has 3 aromatic carbocycles. The molecule has 1 aliphatic heterocycles. The van der Waals surface area contributed by atoms with Crippen LogP contribution in [0.3, 0.4) is 0 Å². The van der Waals surface area contributed by atoms with Crippen molar-refractivity contribution in [2.75, 3.05) is 20.8 Å². The molecule has 1 aliphatic rings. The van der Waals surface area contributed by atoms with Crippen LogP contribution in [0.5, 0.6) is 17.2 Å². The third-order valence-electron chi connectivity index (χ3n) is 6.70. The van der Waals surface area contributed by atoms with Crippen molar-refractivity contribution in [3.8, 4) is 17.2 Å². The number of hydrogen-bond acceptors (Lipinski definition) is 6. The number of benzene rings is 3. The summed E-state index contributed by atoms with van der Waals surface area (Å²) in [5.74, 6) is -0.884. The van der Waals surface area contributed by atoms with Gasteiger partial charge in [-0.1, -0.05) is 30.3 Å². The molecule has 37 heavy (non-hydrogen) atoms. The van der Waals surface area contributed by atoms with Crippen molar-refractivity contribution in [3.63, 3.8) is 0 Å². The standard InChI is InChI=1S/C29H26N2O6/c1-36-23-12-9-18(15-24(23)37-2)27(33)25-26(17-7-10-20(32)11-8-17)31(29(35)28(25)34)14-13-19-16-30-22-6-4-3-5-21(19)22/h3-12,15-16,26,30,32-33H,13-14H2,1-2H3/b27-25+. The summed E-state index contributed by atoms with van der Waals surface area (Å²) in [5.41, 5.74) is 2.89. The number of aliphatic hydroxyl groups is 1. The fourth-order valence-corrected chi connectivity index (χ4v) is 4.83. The molecule has 4 aromatic rings. The molecule has 1 unspecified atom stereocenters. The van der Waals surface area contributed by atoms with E-state index in [1.54, 1.807) is 30.3 Å². The lowest BCUT2D eigenvalue weighted by molar-refractivity contribution is -0.139. The molecular weight excluding hydrogens is 472 g/mol. The Balaban J connectivity index is 1.57. The van der Waals surface area contributed by atoms with Gasteiger partial charge < -0.3 is 29.6 Å². The fourth-order valence-electron chi connectivity index (χ4n) is 4.83. The number of likely N-dealkylation sites (tertiary alicyclic amines) is 1. The average Bonchev–Trinajstić information content (AvgIpc) is 3.45. The quantitative estimate of drug-likeness (QED) is 0.196. The zero-order chi connectivity index (χ0) is 26.1. The van der Waals surface area contributed by atoms with Crippen LogP contribution in [0, 0.1) is 0 Å². The topological polar surface area (TPSA) is 112 Å². The Hall–Kier alpha value is -4.72. The number of carbonyl (C=O) groups excluding carboxylic acids is 2. The summed E-state index contributed by atoms with van der Waals surface area (Å²) in [6.45, 7) is 0.251. The van der Waals surface area contributed by atoms with Crippen LogP contribution < -0.4 is 9.47 Å². The SMILES string of the molecule is COc1ccc(/C(O)=C2\C(=O)C(=O)N(CCc3c[nH]c4ccccc34)C2c2ccc(O)cc2)cc1OC. The molecule has 1 saturated heterocycles. The monoisotopic (exact) mass is 498 g/mol. The van der Waals surface area contributed by atoms with Crippen LogP contribution in [0.4, 0.5) is 0 Å². The normalized spacial score (nSPS) is 16.9. The van der Waals surface area contributed by atoms with Gasteiger partial charge in [-0.3, -0.25) is 9.59 Å². The number of aromatic nitrogens is 1. The van der Waals surface area contributed by atoms with E-state index in [2.05, 4.69) is 4.98 Å². The lowest BCUT2D eigenvalue weighted by atomic mass is 9.95. The van der Waals surface area contributed by atoms with Crippen LogP contribution in [-0.4, -0.2) is 52.6 Å². The Morgan fingerprint density at radius 1 is 0.973 bits per heavy atom. The van der Waals surface area contributed by atoms with Gasteiger partial charge in [0.05, 0.1) is 25.8 Å². The Bertz CT molecular complexity index is 1520. The minimum atomic E-state index is -0.834. The van der Waals surface area contributed by atoms with Crippen molar-refractivity contribution in [2.24, 2.45) is 0 Å². The summed E-state index contributed by atoms with van der Waals surface area (Å²) in [7, 11) is 2.98. The van der Waals surface area contributed by atoms with Gasteiger partial charge in [-0.05, 0) is 53.9 Å². The maximum atomic E-state index is 13.3. The Kier molecular flexibility index (Phi) is 6.31. The molecule has 188 valence electrons. The van der Waals surface area contributed by atoms with Crippen LogP contribution >= 0.6 is 0 Å². The van der Waals surface area contributed by atoms with Crippen molar-refractivity contribution in [1.82, 2.24) is 9.88 Å². The number of H-pyrrole nitrogens is 1. The number of ether oxygens (including phenoxy) is 2. The van der Waals surface area contributed by atoms with E-state index < -0.39 is 17.7 Å². The molecule has 1 atom stereocenters. The average molecular weight is 499 g/mol. The number of phenols is 1. The smallest absolute Gasteiger partial charge is 0.295 e. The maximum Gasteiger partial charge on any atom is 0.295 e. The van der Waals surface area contributed by atoms with E-state index in [4.69, 9.17) is 9.47 Å². The highest BCUT2D eigenvalue weighted by atomic mass is 16.5. The summed E-state index contributed by atoms with van der Waals surface area (Å²) < 4.78 is 10.6. The predicted molar refractivity (Wildman–Crippen MR) is 139 cm³/mol. The number of fused-ring (bicyclic) bond motifs is 1. The van der Waals surface area contributed by atoms with E-state index in [9.17, 15) is 19.8 Å². The molecule has 0 radical (unpaired) electrons. The van der Waals surface area contributed by atoms with E-state index in [1.807, 2.05) is 30.5 Å². The van der Waals surface area contributed by atoms with Gasteiger partial charge >= 0.3 is 0 Å². The van der Waals surface area contributed by atoms with Crippen LogP contribution in [0.2, 0.25) is 0 Å². The number of nitrogens with one attached hydrogen (secondary N) is 1. The second-order valence-corrected chi connectivity index (χ2v) is 8.76. The minimum absolute atomic E-state index is 0.0261. The maximum absolute atomic E-state index is 13.3. The third kappa shape index (κ3) is 4.27. The highest BCUT2D eigenvalue weighted by Gasteiger charge is 2.46. The van der Waals surface area contributed by atoms with Gasteiger partial charge in [0.25, 0.3) is 11.7 Å². The molecule has 1 aromatic heterocycles. The van der Waals surface area contributed by atoms with Crippen LogP contribution in [0.15, 0.2) is 78.5 Å². The number of Topliss-reactive ketones (excluding diaryl/α,β-unsaturated/α-hetero) is 1. The second-order valence-electron chi connectivity index (χ2n) is 8.76. The molecule has 3 N–H and O–H groups in total. The number of nitrogens with zero attached hydrogens (tertiary/aromatic N) is 1. The van der Waals surface area contributed by atoms with E-state index in [0.29, 0.717) is 29.0 Å². The number of rotatable bonds is 7. The first-order chi connectivity index (χ1) is 17.9. The van der Waals surface area contributed by atoms with Gasteiger partial charge in [0.15, 0.2) is 11.5 Å². The number of carbonyl (C=O) groups is 2. The number of hydrogen-bond donors (Lipinski definition) is 3. The molecule has 2 heterocycles. The molecule has 0 spiro atoms.